The van der Waals surface area contributed by atoms with Gasteiger partial charge in [-0.3, -0.25) is 0 Å². The van der Waals surface area contributed by atoms with E-state index in [9.17, 15) is 5.11 Å². The largest absolute Gasteiger partial charge is 0.389 e. The number of rotatable bonds is 8. The third-order valence-corrected chi connectivity index (χ3v) is 3.03. The molecule has 0 spiro atoms. The minimum Gasteiger partial charge on any atom is -0.389 e. The average Bonchev–Trinajstić information content (AvgIpc) is 2.31. The molecule has 0 saturated carbocycles. The van der Waals surface area contributed by atoms with E-state index in [4.69, 9.17) is 4.74 Å². The van der Waals surface area contributed by atoms with Crippen LogP contribution in [-0.2, 0) is 17.9 Å². The number of hydrogen-bond donors (Lipinski definition) is 2. The molecule has 1 atom stereocenters. The molecule has 0 amide bonds. The molecule has 0 heterocycles. The number of nitrogens with one attached hydrogen (secondary N) is 1. The second-order valence-corrected chi connectivity index (χ2v) is 5.05. The lowest BCUT2D eigenvalue weighted by Gasteiger charge is -2.23. The monoisotopic (exact) mass is 251 g/mol. The zero-order valence-electron chi connectivity index (χ0n) is 11.7. The summed E-state index contributed by atoms with van der Waals surface area (Å²) in [7, 11) is 1.70. The van der Waals surface area contributed by atoms with Gasteiger partial charge in [-0.05, 0) is 24.5 Å². The Morgan fingerprint density at radius 2 is 1.94 bits per heavy atom. The molecule has 0 bridgehead atoms. The lowest BCUT2D eigenvalue weighted by molar-refractivity contribution is 0.0497. The van der Waals surface area contributed by atoms with Crippen molar-refractivity contribution in [2.75, 3.05) is 13.7 Å². The fourth-order valence-electron chi connectivity index (χ4n) is 2.12. The van der Waals surface area contributed by atoms with E-state index in [0.717, 1.165) is 19.4 Å². The topological polar surface area (TPSA) is 41.5 Å². The molecule has 0 saturated heterocycles. The number of hydrogen-bond acceptors (Lipinski definition) is 3. The summed E-state index contributed by atoms with van der Waals surface area (Å²) >= 11 is 0. The van der Waals surface area contributed by atoms with Crippen LogP contribution in [0.3, 0.4) is 0 Å². The Kier molecular flexibility index (Phi) is 6.33. The maximum Gasteiger partial charge on any atom is 0.0743 e. The molecule has 3 heteroatoms. The van der Waals surface area contributed by atoms with E-state index in [1.807, 2.05) is 19.1 Å². The molecule has 18 heavy (non-hydrogen) atoms. The molecule has 102 valence electrons. The molecular weight excluding hydrogens is 226 g/mol. The van der Waals surface area contributed by atoms with Gasteiger partial charge in [-0.15, -0.1) is 0 Å². The first-order valence-corrected chi connectivity index (χ1v) is 6.58. The predicted octanol–water partition coefficient (Wildman–Crippen LogP) is 2.47. The van der Waals surface area contributed by atoms with Crippen molar-refractivity contribution < 1.29 is 9.84 Å². The van der Waals surface area contributed by atoms with Crippen molar-refractivity contribution in [2.24, 2.45) is 0 Å². The first-order chi connectivity index (χ1) is 8.59. The molecule has 2 N–H and O–H groups in total. The molecule has 1 unspecified atom stereocenters. The molecular formula is C15H25NO2. The van der Waals surface area contributed by atoms with Crippen LogP contribution in [0.25, 0.3) is 0 Å². The van der Waals surface area contributed by atoms with Crippen molar-refractivity contribution in [1.82, 2.24) is 5.32 Å². The van der Waals surface area contributed by atoms with Gasteiger partial charge in [-0.1, -0.05) is 37.6 Å². The molecule has 0 aliphatic carbocycles. The maximum absolute atomic E-state index is 10.1. The molecule has 0 aliphatic rings. The van der Waals surface area contributed by atoms with Crippen molar-refractivity contribution in [1.29, 1.82) is 0 Å². The summed E-state index contributed by atoms with van der Waals surface area (Å²) in [6.07, 6.45) is 1.81. The van der Waals surface area contributed by atoms with Crippen LogP contribution in [0, 0.1) is 0 Å². The van der Waals surface area contributed by atoms with E-state index in [-0.39, 0.29) is 0 Å². The maximum atomic E-state index is 10.1. The predicted molar refractivity (Wildman–Crippen MR) is 74.4 cm³/mol. The Hall–Kier alpha value is -0.900. The highest BCUT2D eigenvalue weighted by Crippen LogP contribution is 2.12. The normalized spacial score (nSPS) is 14.4. The van der Waals surface area contributed by atoms with Crippen LogP contribution in [0.2, 0.25) is 0 Å². The van der Waals surface area contributed by atoms with Gasteiger partial charge in [0, 0.05) is 20.2 Å². The molecule has 0 aromatic heterocycles. The number of benzene rings is 1. The van der Waals surface area contributed by atoms with E-state index >= 15 is 0 Å². The van der Waals surface area contributed by atoms with Gasteiger partial charge in [0.1, 0.15) is 0 Å². The minimum atomic E-state index is -0.620. The quantitative estimate of drug-likeness (QED) is 0.746. The van der Waals surface area contributed by atoms with Crippen molar-refractivity contribution in [2.45, 2.75) is 45.4 Å². The summed E-state index contributed by atoms with van der Waals surface area (Å²) < 4.78 is 5.18. The first kappa shape index (κ1) is 15.2. The van der Waals surface area contributed by atoms with E-state index in [0.29, 0.717) is 13.2 Å². The van der Waals surface area contributed by atoms with Gasteiger partial charge in [-0.2, -0.15) is 0 Å². The highest BCUT2D eigenvalue weighted by atomic mass is 16.5. The van der Waals surface area contributed by atoms with Crippen molar-refractivity contribution in [3.63, 3.8) is 0 Å². The van der Waals surface area contributed by atoms with E-state index in [1.165, 1.54) is 11.1 Å². The molecule has 1 aromatic rings. The molecule has 0 fully saturated rings. The van der Waals surface area contributed by atoms with Crippen LogP contribution in [0.5, 0.6) is 0 Å². The lowest BCUT2D eigenvalue weighted by Crippen LogP contribution is -2.37. The van der Waals surface area contributed by atoms with Gasteiger partial charge >= 0.3 is 0 Å². The Morgan fingerprint density at radius 1 is 1.28 bits per heavy atom. The van der Waals surface area contributed by atoms with E-state index in [1.54, 1.807) is 7.11 Å². The van der Waals surface area contributed by atoms with Crippen LogP contribution in [0.15, 0.2) is 24.3 Å². The Morgan fingerprint density at radius 3 is 2.56 bits per heavy atom. The smallest absolute Gasteiger partial charge is 0.0743 e. The molecule has 0 aliphatic heterocycles. The SMILES string of the molecule is CCCC(C)(O)CNCc1ccccc1COC. The van der Waals surface area contributed by atoms with Gasteiger partial charge in [0.25, 0.3) is 0 Å². The first-order valence-electron chi connectivity index (χ1n) is 6.58. The summed E-state index contributed by atoms with van der Waals surface area (Å²) in [5, 5.41) is 13.4. The van der Waals surface area contributed by atoms with Crippen molar-refractivity contribution >= 4 is 0 Å². The highest BCUT2D eigenvalue weighted by Gasteiger charge is 2.18. The number of methoxy groups -OCH3 is 1. The third kappa shape index (κ3) is 5.17. The van der Waals surface area contributed by atoms with Gasteiger partial charge in [0.15, 0.2) is 0 Å². The number of ether oxygens (including phenoxy) is 1. The van der Waals surface area contributed by atoms with Crippen LogP contribution in [0.4, 0.5) is 0 Å². The van der Waals surface area contributed by atoms with Crippen LogP contribution in [0.1, 0.15) is 37.8 Å². The van der Waals surface area contributed by atoms with E-state index < -0.39 is 5.60 Å². The average molecular weight is 251 g/mol. The van der Waals surface area contributed by atoms with Crippen molar-refractivity contribution in [3.8, 4) is 0 Å². The minimum absolute atomic E-state index is 0.613. The summed E-state index contributed by atoms with van der Waals surface area (Å²) in [5.74, 6) is 0. The van der Waals surface area contributed by atoms with Crippen LogP contribution in [-0.4, -0.2) is 24.4 Å². The van der Waals surface area contributed by atoms with Gasteiger partial charge in [0.05, 0.1) is 12.2 Å². The Labute approximate surface area is 110 Å². The Bertz CT molecular complexity index is 350. The fourth-order valence-corrected chi connectivity index (χ4v) is 2.12. The van der Waals surface area contributed by atoms with Gasteiger partial charge in [0.2, 0.25) is 0 Å². The van der Waals surface area contributed by atoms with Crippen molar-refractivity contribution in [3.05, 3.63) is 35.4 Å². The summed E-state index contributed by atoms with van der Waals surface area (Å²) in [6.45, 7) is 5.97. The fraction of sp³-hybridized carbons (Fsp3) is 0.600. The zero-order chi connectivity index (χ0) is 13.4. The highest BCUT2D eigenvalue weighted by molar-refractivity contribution is 5.26. The second kappa shape index (κ2) is 7.52. The summed E-state index contributed by atoms with van der Waals surface area (Å²) in [6, 6.07) is 8.21. The number of aliphatic hydroxyl groups is 1. The summed E-state index contributed by atoms with van der Waals surface area (Å²) in [4.78, 5) is 0. The lowest BCUT2D eigenvalue weighted by atomic mass is 10.0. The molecule has 3 nitrogen and oxygen atoms in total. The van der Waals surface area contributed by atoms with Gasteiger partial charge in [-0.25, -0.2) is 0 Å². The molecule has 1 rings (SSSR count). The van der Waals surface area contributed by atoms with E-state index in [2.05, 4.69) is 24.4 Å². The molecule has 0 radical (unpaired) electrons. The van der Waals surface area contributed by atoms with Crippen LogP contribution < -0.4 is 5.32 Å². The molecule has 1 aromatic carbocycles. The second-order valence-electron chi connectivity index (χ2n) is 5.05. The summed E-state index contributed by atoms with van der Waals surface area (Å²) in [5.41, 5.74) is 1.81. The zero-order valence-corrected chi connectivity index (χ0v) is 11.7. The standard InChI is InChI=1S/C15H25NO2/c1-4-9-15(2,17)12-16-10-13-7-5-6-8-14(13)11-18-3/h5-8,16-17H,4,9-12H2,1-3H3. The van der Waals surface area contributed by atoms with Crippen LogP contribution >= 0.6 is 0 Å². The third-order valence-electron chi connectivity index (χ3n) is 3.03. The Balaban J connectivity index is 2.48. The van der Waals surface area contributed by atoms with Gasteiger partial charge < -0.3 is 15.2 Å².